The summed E-state index contributed by atoms with van der Waals surface area (Å²) >= 11 is 3.60. The number of hydrogen-bond acceptors (Lipinski definition) is 5. The summed E-state index contributed by atoms with van der Waals surface area (Å²) in [5.74, 6) is 0.904. The highest BCUT2D eigenvalue weighted by Gasteiger charge is 2.76. The van der Waals surface area contributed by atoms with Crippen LogP contribution in [0.25, 0.3) is 0 Å². The minimum Gasteiger partial charge on any atom is -0.390 e. The van der Waals surface area contributed by atoms with Gasteiger partial charge in [0.2, 0.25) is 5.91 Å². The molecule has 1 heterocycles. The van der Waals surface area contributed by atoms with Crippen LogP contribution < -0.4 is 4.90 Å². The fourth-order valence-corrected chi connectivity index (χ4v) is 8.11. The molecular weight excluding hydrogens is 537 g/mol. The quantitative estimate of drug-likeness (QED) is 0.403. The molecule has 6 aliphatic carbocycles. The van der Waals surface area contributed by atoms with Crippen LogP contribution in [0.1, 0.15) is 97.2 Å². The monoisotopic (exact) mass is 573 g/mol. The highest BCUT2D eigenvalue weighted by Crippen LogP contribution is 2.77. The van der Waals surface area contributed by atoms with E-state index in [9.17, 15) is 14.3 Å². The van der Waals surface area contributed by atoms with Gasteiger partial charge in [0.1, 0.15) is 0 Å². The highest BCUT2D eigenvalue weighted by atomic mass is 79.9. The number of anilines is 1. The van der Waals surface area contributed by atoms with Crippen molar-refractivity contribution in [2.24, 2.45) is 16.2 Å². The molecule has 1 amide bonds. The Bertz CT molecular complexity index is 1200. The number of rotatable bonds is 7. The normalized spacial score (nSPS) is 34.6. The zero-order valence-corrected chi connectivity index (χ0v) is 23.8. The SMILES string of the molecule is CC(C)(F)c1nc(C23CCC(CN(C(=O)C45CC(C(C)(C)O)(C4)C5)c4cccc(Br)c4)(CC2)CC3)no1. The summed E-state index contributed by atoms with van der Waals surface area (Å²) < 4.78 is 20.6. The summed E-state index contributed by atoms with van der Waals surface area (Å²) in [6, 6.07) is 8.06. The zero-order valence-electron chi connectivity index (χ0n) is 22.2. The number of aliphatic hydroxyl groups is 1. The molecule has 37 heavy (non-hydrogen) atoms. The van der Waals surface area contributed by atoms with Crippen LogP contribution >= 0.6 is 15.9 Å². The van der Waals surface area contributed by atoms with Gasteiger partial charge in [0, 0.05) is 27.5 Å². The minimum absolute atomic E-state index is 0.0448. The van der Waals surface area contributed by atoms with E-state index >= 15 is 0 Å². The predicted octanol–water partition coefficient (Wildman–Crippen LogP) is 6.60. The molecule has 1 N–H and O–H groups in total. The van der Waals surface area contributed by atoms with Gasteiger partial charge in [-0.3, -0.25) is 4.79 Å². The van der Waals surface area contributed by atoms with Crippen molar-refractivity contribution in [2.45, 2.75) is 102 Å². The van der Waals surface area contributed by atoms with Crippen molar-refractivity contribution in [3.8, 4) is 0 Å². The predicted molar refractivity (Wildman–Crippen MR) is 142 cm³/mol. The highest BCUT2D eigenvalue weighted by molar-refractivity contribution is 9.10. The van der Waals surface area contributed by atoms with E-state index in [0.29, 0.717) is 12.4 Å². The van der Waals surface area contributed by atoms with Crippen LogP contribution in [0.5, 0.6) is 0 Å². The summed E-state index contributed by atoms with van der Waals surface area (Å²) in [5.41, 5.74) is -2.04. The van der Waals surface area contributed by atoms with Gasteiger partial charge in [-0.2, -0.15) is 4.98 Å². The first-order valence-corrected chi connectivity index (χ1v) is 14.3. The molecule has 8 rings (SSSR count). The zero-order chi connectivity index (χ0) is 26.5. The average Bonchev–Trinajstić information content (AvgIpc) is 3.28. The van der Waals surface area contributed by atoms with E-state index in [1.807, 2.05) is 38.1 Å². The van der Waals surface area contributed by atoms with Crippen LogP contribution in [-0.2, 0) is 15.9 Å². The first kappa shape index (κ1) is 25.5. The number of alkyl halides is 1. The molecule has 6 fully saturated rings. The van der Waals surface area contributed by atoms with E-state index in [1.54, 1.807) is 0 Å². The van der Waals surface area contributed by atoms with Crippen LogP contribution in [0, 0.1) is 16.2 Å². The molecule has 2 aromatic rings. The summed E-state index contributed by atoms with van der Waals surface area (Å²) in [6.07, 6.45) is 8.03. The van der Waals surface area contributed by atoms with E-state index in [4.69, 9.17) is 4.52 Å². The molecule has 6 nitrogen and oxygen atoms in total. The van der Waals surface area contributed by atoms with Crippen LogP contribution in [0.4, 0.5) is 10.1 Å². The van der Waals surface area contributed by atoms with Gasteiger partial charge in [-0.15, -0.1) is 0 Å². The summed E-state index contributed by atoms with van der Waals surface area (Å²) in [7, 11) is 0. The molecule has 0 unspecified atom stereocenters. The first-order valence-electron chi connectivity index (χ1n) is 13.5. The Kier molecular flexibility index (Phi) is 5.42. The van der Waals surface area contributed by atoms with Crippen molar-refractivity contribution < 1.29 is 18.8 Å². The Labute approximate surface area is 226 Å². The molecule has 200 valence electrons. The van der Waals surface area contributed by atoms with Crippen molar-refractivity contribution in [3.05, 3.63) is 40.5 Å². The second-order valence-electron chi connectivity index (χ2n) is 13.7. The molecule has 6 aliphatic rings. The van der Waals surface area contributed by atoms with Crippen LogP contribution in [-0.4, -0.2) is 33.3 Å². The van der Waals surface area contributed by atoms with E-state index in [-0.39, 0.29) is 33.5 Å². The largest absolute Gasteiger partial charge is 0.390 e. The van der Waals surface area contributed by atoms with Crippen molar-refractivity contribution in [2.75, 3.05) is 11.4 Å². The average molecular weight is 575 g/mol. The third-order valence-electron chi connectivity index (χ3n) is 10.5. The molecular formula is C29H37BrFN3O3. The Morgan fingerprint density at radius 2 is 1.73 bits per heavy atom. The van der Waals surface area contributed by atoms with Crippen molar-refractivity contribution in [3.63, 3.8) is 0 Å². The number of fused-ring (bicyclic) bond motifs is 3. The number of nitrogens with zero attached hydrogens (tertiary/aromatic N) is 3. The molecule has 6 saturated carbocycles. The standard InChI is InChI=1S/C29H37BrFN3O3/c1-24(2,31)22-32-21(33-37-22)27-11-8-26(9-12-27,10-13-27)18-34(20-7-5-6-19(30)14-20)23(35)28-15-29(16-28,17-28)25(3,4)36/h5-7,14,36H,8-13,15-18H2,1-4H3. The molecule has 1 aromatic carbocycles. The minimum atomic E-state index is -1.65. The number of aromatic nitrogens is 2. The number of amides is 1. The maximum absolute atomic E-state index is 14.4. The number of carbonyl (C=O) groups excluding carboxylic acids is 1. The van der Waals surface area contributed by atoms with Crippen LogP contribution in [0.3, 0.4) is 0 Å². The Balaban J connectivity index is 1.22. The van der Waals surface area contributed by atoms with Gasteiger partial charge >= 0.3 is 0 Å². The Morgan fingerprint density at radius 3 is 2.24 bits per heavy atom. The third-order valence-corrected chi connectivity index (χ3v) is 10.9. The molecule has 4 bridgehead atoms. The second-order valence-corrected chi connectivity index (χ2v) is 14.6. The fourth-order valence-electron chi connectivity index (χ4n) is 7.73. The molecule has 0 aliphatic heterocycles. The molecule has 1 aromatic heterocycles. The van der Waals surface area contributed by atoms with Gasteiger partial charge in [0.05, 0.1) is 11.0 Å². The number of hydrogen-bond donors (Lipinski definition) is 1. The van der Waals surface area contributed by atoms with Gasteiger partial charge < -0.3 is 14.5 Å². The van der Waals surface area contributed by atoms with E-state index in [1.165, 1.54) is 13.8 Å². The Morgan fingerprint density at radius 1 is 1.11 bits per heavy atom. The maximum Gasteiger partial charge on any atom is 0.263 e. The van der Waals surface area contributed by atoms with Gasteiger partial charge in [-0.05, 0) is 109 Å². The lowest BCUT2D eigenvalue weighted by Gasteiger charge is -2.74. The molecule has 0 spiro atoms. The lowest BCUT2D eigenvalue weighted by molar-refractivity contribution is -0.273. The lowest BCUT2D eigenvalue weighted by Crippen LogP contribution is -2.74. The second kappa shape index (κ2) is 7.87. The number of carbonyl (C=O) groups is 1. The molecule has 0 saturated heterocycles. The Hall–Kier alpha value is -1.80. The van der Waals surface area contributed by atoms with Crippen LogP contribution in [0.15, 0.2) is 33.3 Å². The van der Waals surface area contributed by atoms with Gasteiger partial charge in [-0.25, -0.2) is 4.39 Å². The summed E-state index contributed by atoms with van der Waals surface area (Å²) in [5, 5.41) is 14.9. The van der Waals surface area contributed by atoms with Gasteiger partial charge in [0.25, 0.3) is 5.89 Å². The summed E-state index contributed by atoms with van der Waals surface area (Å²) in [6.45, 7) is 7.34. The van der Waals surface area contributed by atoms with E-state index in [0.717, 1.165) is 67.9 Å². The molecule has 0 radical (unpaired) electrons. The van der Waals surface area contributed by atoms with Crippen molar-refractivity contribution >= 4 is 27.5 Å². The van der Waals surface area contributed by atoms with Crippen molar-refractivity contribution in [1.29, 1.82) is 0 Å². The third kappa shape index (κ3) is 3.83. The number of benzene rings is 1. The lowest BCUT2D eigenvalue weighted by atomic mass is 9.31. The molecule has 0 atom stereocenters. The summed E-state index contributed by atoms with van der Waals surface area (Å²) in [4.78, 5) is 20.7. The maximum atomic E-state index is 14.4. The van der Waals surface area contributed by atoms with Crippen LogP contribution in [0.2, 0.25) is 0 Å². The first-order chi connectivity index (χ1) is 17.2. The van der Waals surface area contributed by atoms with E-state index < -0.39 is 11.3 Å². The van der Waals surface area contributed by atoms with Gasteiger partial charge in [-0.1, -0.05) is 27.2 Å². The topological polar surface area (TPSA) is 79.5 Å². The fraction of sp³-hybridized carbons (Fsp3) is 0.690. The number of halogens is 2. The molecule has 8 heteroatoms. The van der Waals surface area contributed by atoms with Gasteiger partial charge in [0.15, 0.2) is 11.5 Å². The smallest absolute Gasteiger partial charge is 0.263 e. The van der Waals surface area contributed by atoms with Crippen molar-refractivity contribution in [1.82, 2.24) is 10.1 Å². The van der Waals surface area contributed by atoms with E-state index in [2.05, 4.69) is 31.0 Å².